The SMILES string of the molecule is [C-]#[N+]c1cnn(-c2cc(C(=O)O)cc(C(=O)O)c2)c1N=Nc1c(C)nn(-c2ccnc(-n3nc(C)c(N=Nc4c(C#N)cnn4-c4cc(C(=O)O)cc(C(=O)O)c4)c3N)n2)c1N. The smallest absolute Gasteiger partial charge is 0.335 e. The molecule has 0 spiro atoms. The second kappa shape index (κ2) is 15.8. The van der Waals surface area contributed by atoms with Crippen LogP contribution in [0.1, 0.15) is 58.4 Å². The molecule has 0 unspecified atom stereocenters. The van der Waals surface area contributed by atoms with Crippen LogP contribution in [0.4, 0.5) is 40.3 Å². The Hall–Kier alpha value is -9.98. The molecule has 62 heavy (non-hydrogen) atoms. The number of azo groups is 2. The Balaban J connectivity index is 1.21. The fraction of sp³-hybridized carbons (Fsp3) is 0.0556. The topological polar surface area (TPSA) is 376 Å². The van der Waals surface area contributed by atoms with E-state index in [2.05, 4.69) is 55.7 Å². The van der Waals surface area contributed by atoms with Crippen molar-refractivity contribution in [2.24, 2.45) is 20.5 Å². The van der Waals surface area contributed by atoms with Crippen molar-refractivity contribution in [2.45, 2.75) is 13.8 Å². The predicted molar refractivity (Wildman–Crippen MR) is 209 cm³/mol. The van der Waals surface area contributed by atoms with Crippen molar-refractivity contribution >= 4 is 64.2 Å². The van der Waals surface area contributed by atoms with Crippen molar-refractivity contribution in [3.63, 3.8) is 0 Å². The maximum absolute atomic E-state index is 11.7. The van der Waals surface area contributed by atoms with Gasteiger partial charge in [0.25, 0.3) is 11.6 Å². The standard InChI is InChI=1S/C36H24N18O8/c1-15-26(46-48-31-24(40-3)14-43-52(31)23-10-19(34(59)60)7-20(11-23)35(61)62)28(38)53(49-15)25-4-5-41-36(44-25)54-29(39)27(16(2)50-54)45-47-30-21(12-37)13-42-51(30)22-8-17(32(55)56)6-18(9-22)33(57)58/h4-11,13-14H,38-39H2,1-2H3,(H,55,56)(H,57,58)(H,59,60)(H,61,62). The fourth-order valence-corrected chi connectivity index (χ4v) is 5.76. The van der Waals surface area contributed by atoms with Crippen LogP contribution in [0.2, 0.25) is 0 Å². The number of carbonyl (C=O) groups is 4. The number of nitrogens with two attached hydrogens (primary N) is 2. The summed E-state index contributed by atoms with van der Waals surface area (Å²) in [6, 6.07) is 9.91. The van der Waals surface area contributed by atoms with E-state index in [0.717, 1.165) is 62.8 Å². The lowest BCUT2D eigenvalue weighted by Gasteiger charge is -2.08. The van der Waals surface area contributed by atoms with Crippen LogP contribution in [0, 0.1) is 31.8 Å². The molecule has 26 nitrogen and oxygen atoms in total. The van der Waals surface area contributed by atoms with Crippen LogP contribution in [0.5, 0.6) is 0 Å². The molecule has 5 heterocycles. The van der Waals surface area contributed by atoms with Crippen molar-refractivity contribution < 1.29 is 39.6 Å². The maximum atomic E-state index is 11.7. The Morgan fingerprint density at radius 1 is 0.694 bits per heavy atom. The van der Waals surface area contributed by atoms with E-state index in [1.165, 1.54) is 16.9 Å². The summed E-state index contributed by atoms with van der Waals surface area (Å²) in [7, 11) is 0. The summed E-state index contributed by atoms with van der Waals surface area (Å²) in [5.41, 5.74) is 11.8. The van der Waals surface area contributed by atoms with Gasteiger partial charge >= 0.3 is 23.9 Å². The van der Waals surface area contributed by atoms with Crippen molar-refractivity contribution in [1.82, 2.24) is 49.1 Å². The normalized spacial score (nSPS) is 11.2. The first kappa shape index (κ1) is 40.2. The van der Waals surface area contributed by atoms with Gasteiger partial charge in [-0.2, -0.15) is 40.0 Å². The van der Waals surface area contributed by atoms with Gasteiger partial charge in [-0.15, -0.1) is 20.5 Å². The molecule has 306 valence electrons. The molecule has 0 fully saturated rings. The van der Waals surface area contributed by atoms with Gasteiger partial charge in [-0.3, -0.25) is 0 Å². The average molecular weight is 837 g/mol. The molecule has 7 aromatic rings. The van der Waals surface area contributed by atoms with E-state index >= 15 is 0 Å². The highest BCUT2D eigenvalue weighted by Crippen LogP contribution is 2.36. The van der Waals surface area contributed by atoms with Crippen LogP contribution in [-0.2, 0) is 0 Å². The van der Waals surface area contributed by atoms with Gasteiger partial charge < -0.3 is 31.9 Å². The van der Waals surface area contributed by atoms with Crippen LogP contribution >= 0.6 is 0 Å². The third-order valence-corrected chi connectivity index (χ3v) is 8.67. The lowest BCUT2D eigenvalue weighted by molar-refractivity contribution is 0.0676. The van der Waals surface area contributed by atoms with Gasteiger partial charge in [-0.1, -0.05) is 0 Å². The average Bonchev–Trinajstić information content (AvgIpc) is 4.01. The van der Waals surface area contributed by atoms with Gasteiger partial charge in [0.15, 0.2) is 40.5 Å². The number of nitrogens with zero attached hydrogens (tertiary/aromatic N) is 16. The van der Waals surface area contributed by atoms with Crippen molar-refractivity contribution in [2.75, 3.05) is 11.5 Å². The van der Waals surface area contributed by atoms with E-state index < -0.39 is 23.9 Å². The molecule has 0 saturated carbocycles. The summed E-state index contributed by atoms with van der Waals surface area (Å²) in [5.74, 6) is -6.08. The summed E-state index contributed by atoms with van der Waals surface area (Å²) < 4.78 is 4.45. The quantitative estimate of drug-likeness (QED) is 0.0692. The molecule has 26 heteroatoms. The lowest BCUT2D eigenvalue weighted by Crippen LogP contribution is -2.10. The highest BCUT2D eigenvalue weighted by molar-refractivity contribution is 5.96. The van der Waals surface area contributed by atoms with Crippen LogP contribution in [0.15, 0.2) is 81.5 Å². The van der Waals surface area contributed by atoms with Gasteiger partial charge in [0.1, 0.15) is 11.6 Å². The first-order valence-electron chi connectivity index (χ1n) is 17.1. The summed E-state index contributed by atoms with van der Waals surface area (Å²) in [6.07, 6.45) is 3.64. The monoisotopic (exact) mass is 836 g/mol. The zero-order valence-electron chi connectivity index (χ0n) is 31.5. The number of nitrogen functional groups attached to an aromatic ring is 2. The number of aromatic carboxylic acids is 4. The number of aromatic nitrogens is 10. The largest absolute Gasteiger partial charge is 0.478 e. The van der Waals surface area contributed by atoms with Crippen molar-refractivity contribution in [3.8, 4) is 29.2 Å². The highest BCUT2D eigenvalue weighted by Gasteiger charge is 2.23. The second-order valence-electron chi connectivity index (χ2n) is 12.6. The first-order chi connectivity index (χ1) is 29.6. The van der Waals surface area contributed by atoms with Crippen molar-refractivity contribution in [3.05, 3.63) is 112 Å². The third kappa shape index (κ3) is 7.33. The number of hydrogen-bond acceptors (Lipinski definition) is 17. The molecule has 0 bridgehead atoms. The van der Waals surface area contributed by atoms with Crippen LogP contribution in [-0.4, -0.2) is 93.4 Å². The number of aryl methyl sites for hydroxylation is 2. The Bertz CT molecular complexity index is 2920. The maximum Gasteiger partial charge on any atom is 0.335 e. The molecule has 0 aliphatic carbocycles. The van der Waals surface area contributed by atoms with E-state index in [0.29, 0.717) is 0 Å². The molecule has 5 aromatic heterocycles. The molecule has 7 rings (SSSR count). The van der Waals surface area contributed by atoms with Gasteiger partial charge in [0, 0.05) is 12.3 Å². The van der Waals surface area contributed by atoms with Crippen LogP contribution in [0.25, 0.3) is 28.0 Å². The fourth-order valence-electron chi connectivity index (χ4n) is 5.76. The number of benzene rings is 2. The molecule has 0 amide bonds. The van der Waals surface area contributed by atoms with Gasteiger partial charge in [0.2, 0.25) is 0 Å². The number of anilines is 2. The first-order valence-corrected chi connectivity index (χ1v) is 17.1. The zero-order chi connectivity index (χ0) is 44.6. The predicted octanol–water partition coefficient (Wildman–Crippen LogP) is 5.05. The summed E-state index contributed by atoms with van der Waals surface area (Å²) in [6.45, 7) is 10.7. The molecule has 0 saturated heterocycles. The summed E-state index contributed by atoms with van der Waals surface area (Å²) >= 11 is 0. The minimum atomic E-state index is -1.40. The van der Waals surface area contributed by atoms with Crippen LogP contribution in [0.3, 0.4) is 0 Å². The molecule has 0 radical (unpaired) electrons. The van der Waals surface area contributed by atoms with Crippen molar-refractivity contribution in [1.29, 1.82) is 5.26 Å². The van der Waals surface area contributed by atoms with Gasteiger partial charge in [-0.05, 0) is 50.2 Å². The highest BCUT2D eigenvalue weighted by atomic mass is 16.4. The lowest BCUT2D eigenvalue weighted by atomic mass is 10.1. The Labute approximate surface area is 344 Å². The zero-order valence-corrected chi connectivity index (χ0v) is 31.5. The number of carboxylic acid groups (broad SMARTS) is 4. The van der Waals surface area contributed by atoms with Gasteiger partial charge in [0.05, 0.1) is 64.0 Å². The Kier molecular flexibility index (Phi) is 10.2. The van der Waals surface area contributed by atoms with E-state index in [-0.39, 0.29) is 103 Å². The summed E-state index contributed by atoms with van der Waals surface area (Å²) in [4.78, 5) is 59.0. The second-order valence-corrected chi connectivity index (χ2v) is 12.6. The Morgan fingerprint density at radius 2 is 1.16 bits per heavy atom. The third-order valence-electron chi connectivity index (χ3n) is 8.67. The molecule has 0 aliphatic heterocycles. The van der Waals surface area contributed by atoms with Gasteiger partial charge in [-0.25, -0.2) is 38.4 Å². The molecule has 0 aliphatic rings. The van der Waals surface area contributed by atoms with Crippen LogP contribution < -0.4 is 11.5 Å². The molecule has 0 atom stereocenters. The number of rotatable bonds is 12. The summed E-state index contributed by atoms with van der Waals surface area (Å²) in [5, 5.41) is 81.7. The molecule has 2 aromatic carbocycles. The van der Waals surface area contributed by atoms with E-state index in [1.807, 2.05) is 6.07 Å². The number of hydrogen-bond donors (Lipinski definition) is 6. The van der Waals surface area contributed by atoms with E-state index in [1.54, 1.807) is 13.8 Å². The number of nitriles is 1. The molecule has 8 N–H and O–H groups in total. The minimum absolute atomic E-state index is 0.0179. The molecular weight excluding hydrogens is 813 g/mol. The minimum Gasteiger partial charge on any atom is -0.478 e. The number of carboxylic acids is 4. The Morgan fingerprint density at radius 3 is 1.66 bits per heavy atom. The molecular formula is C36H24N18O8. The van der Waals surface area contributed by atoms with E-state index in [9.17, 15) is 44.9 Å². The van der Waals surface area contributed by atoms with E-state index in [4.69, 9.17) is 18.0 Å².